The van der Waals surface area contributed by atoms with Gasteiger partial charge in [-0.1, -0.05) is 40.0 Å². The number of nitrogens with zero attached hydrogens (tertiary/aromatic N) is 1. The van der Waals surface area contributed by atoms with Gasteiger partial charge in [-0.05, 0) is 48.5 Å². The highest BCUT2D eigenvalue weighted by atomic mass is 35.5. The normalized spacial score (nSPS) is 11.4. The highest BCUT2D eigenvalue weighted by Gasteiger charge is 2.15. The molecule has 0 aliphatic rings. The van der Waals surface area contributed by atoms with E-state index in [0.29, 0.717) is 16.3 Å². The van der Waals surface area contributed by atoms with E-state index < -0.39 is 11.8 Å². The maximum Gasteiger partial charge on any atom is 0.400 e. The van der Waals surface area contributed by atoms with Crippen molar-refractivity contribution in [3.63, 3.8) is 0 Å². The summed E-state index contributed by atoms with van der Waals surface area (Å²) in [5.41, 5.74) is 6.09. The standard InChI is InChI=1S/C19H12Cl3FN2O4/c20-11-7-14(21)17(15(22)8-11)27-9-13-5-6-16(28-13)19(26)29-25-18(24)10-1-3-12(23)4-2-10/h1-8H,9H2,(H2,24,25). The summed E-state index contributed by atoms with van der Waals surface area (Å²) in [6.45, 7) is -0.0463. The van der Waals surface area contributed by atoms with Gasteiger partial charge in [-0.3, -0.25) is 0 Å². The summed E-state index contributed by atoms with van der Waals surface area (Å²) in [6, 6.07) is 11.1. The summed E-state index contributed by atoms with van der Waals surface area (Å²) in [6.07, 6.45) is 0. The maximum atomic E-state index is 12.9. The molecule has 150 valence electrons. The topological polar surface area (TPSA) is 87.1 Å². The Labute approximate surface area is 179 Å². The van der Waals surface area contributed by atoms with Crippen LogP contribution in [0.1, 0.15) is 21.9 Å². The monoisotopic (exact) mass is 456 g/mol. The minimum Gasteiger partial charge on any atom is -0.483 e. The summed E-state index contributed by atoms with van der Waals surface area (Å²) < 4.78 is 23.8. The molecule has 0 atom stereocenters. The van der Waals surface area contributed by atoms with Gasteiger partial charge in [0.1, 0.15) is 18.2 Å². The van der Waals surface area contributed by atoms with Crippen molar-refractivity contribution >= 4 is 46.6 Å². The summed E-state index contributed by atoms with van der Waals surface area (Å²) in [5, 5.41) is 4.36. The summed E-state index contributed by atoms with van der Waals surface area (Å²) >= 11 is 17.9. The third-order valence-corrected chi connectivity index (χ3v) is 4.33. The quantitative estimate of drug-likeness (QED) is 0.231. The molecule has 0 aliphatic heterocycles. The Morgan fingerprint density at radius 3 is 2.38 bits per heavy atom. The van der Waals surface area contributed by atoms with Crippen LogP contribution in [0.25, 0.3) is 0 Å². The molecule has 3 aromatic rings. The number of furan rings is 1. The Bertz CT molecular complexity index is 1040. The lowest BCUT2D eigenvalue weighted by molar-refractivity contribution is 0.0475. The molecule has 0 bridgehead atoms. The second-order valence-electron chi connectivity index (χ2n) is 5.62. The van der Waals surface area contributed by atoms with Gasteiger partial charge in [-0.25, -0.2) is 9.18 Å². The second kappa shape index (κ2) is 9.17. The summed E-state index contributed by atoms with van der Waals surface area (Å²) in [4.78, 5) is 16.8. The number of hydrogen-bond acceptors (Lipinski definition) is 5. The maximum absolute atomic E-state index is 12.9. The van der Waals surface area contributed by atoms with Crippen molar-refractivity contribution < 1.29 is 23.2 Å². The third-order valence-electron chi connectivity index (χ3n) is 3.55. The number of carbonyl (C=O) groups excluding carboxylic acids is 1. The molecule has 3 rings (SSSR count). The van der Waals surface area contributed by atoms with Gasteiger partial charge in [0.25, 0.3) is 0 Å². The fourth-order valence-corrected chi connectivity index (χ4v) is 3.11. The van der Waals surface area contributed by atoms with Crippen molar-refractivity contribution in [2.24, 2.45) is 10.9 Å². The van der Waals surface area contributed by atoms with Crippen LogP contribution in [0.5, 0.6) is 5.75 Å². The van der Waals surface area contributed by atoms with Crippen LogP contribution < -0.4 is 10.5 Å². The number of amidine groups is 1. The van der Waals surface area contributed by atoms with Crippen LogP contribution in [-0.2, 0) is 11.4 Å². The molecule has 29 heavy (non-hydrogen) atoms. The lowest BCUT2D eigenvalue weighted by Gasteiger charge is -2.08. The predicted molar refractivity (Wildman–Crippen MR) is 107 cm³/mol. The lowest BCUT2D eigenvalue weighted by atomic mass is 10.2. The Morgan fingerprint density at radius 1 is 1.07 bits per heavy atom. The van der Waals surface area contributed by atoms with Crippen LogP contribution >= 0.6 is 34.8 Å². The van der Waals surface area contributed by atoms with E-state index >= 15 is 0 Å². The van der Waals surface area contributed by atoms with Gasteiger partial charge in [0.2, 0.25) is 5.76 Å². The number of benzene rings is 2. The Hall–Kier alpha value is -2.74. The lowest BCUT2D eigenvalue weighted by Crippen LogP contribution is -2.15. The highest BCUT2D eigenvalue weighted by Crippen LogP contribution is 2.36. The van der Waals surface area contributed by atoms with Gasteiger partial charge in [0, 0.05) is 10.6 Å². The molecule has 6 nitrogen and oxygen atoms in total. The largest absolute Gasteiger partial charge is 0.483 e. The van der Waals surface area contributed by atoms with E-state index in [-0.39, 0.29) is 34.0 Å². The number of halogens is 4. The molecule has 0 amide bonds. The molecule has 0 unspecified atom stereocenters. The fourth-order valence-electron chi connectivity index (χ4n) is 2.18. The second-order valence-corrected chi connectivity index (χ2v) is 6.87. The van der Waals surface area contributed by atoms with Crippen molar-refractivity contribution in [3.05, 3.63) is 86.5 Å². The van der Waals surface area contributed by atoms with E-state index in [0.717, 1.165) is 0 Å². The van der Waals surface area contributed by atoms with Gasteiger partial charge in [0.05, 0.1) is 10.0 Å². The minimum absolute atomic E-state index is 0.0463. The van der Waals surface area contributed by atoms with Crippen LogP contribution in [0.15, 0.2) is 58.1 Å². The number of hydrogen-bond donors (Lipinski definition) is 1. The fraction of sp³-hybridized carbons (Fsp3) is 0.0526. The van der Waals surface area contributed by atoms with Gasteiger partial charge in [-0.15, -0.1) is 0 Å². The Balaban J connectivity index is 1.61. The summed E-state index contributed by atoms with van der Waals surface area (Å²) in [5.74, 6) is -0.966. The molecular weight excluding hydrogens is 446 g/mol. The average Bonchev–Trinajstić information content (AvgIpc) is 3.14. The van der Waals surface area contributed by atoms with Gasteiger partial charge in [-0.2, -0.15) is 0 Å². The molecule has 0 spiro atoms. The number of ether oxygens (including phenoxy) is 1. The van der Waals surface area contributed by atoms with Crippen LogP contribution in [0.4, 0.5) is 4.39 Å². The van der Waals surface area contributed by atoms with E-state index in [1.165, 1.54) is 48.5 Å². The number of nitrogens with two attached hydrogens (primary N) is 1. The highest BCUT2D eigenvalue weighted by molar-refractivity contribution is 6.40. The first-order valence-electron chi connectivity index (χ1n) is 8.00. The first kappa shape index (κ1) is 21.0. The minimum atomic E-state index is -0.871. The van der Waals surface area contributed by atoms with Crippen molar-refractivity contribution in [2.75, 3.05) is 0 Å². The van der Waals surface area contributed by atoms with Crippen molar-refractivity contribution in [1.82, 2.24) is 0 Å². The molecule has 10 heteroatoms. The van der Waals surface area contributed by atoms with Crippen molar-refractivity contribution in [2.45, 2.75) is 6.61 Å². The molecule has 2 N–H and O–H groups in total. The Kier molecular flexibility index (Phi) is 6.64. The van der Waals surface area contributed by atoms with Crippen molar-refractivity contribution in [1.29, 1.82) is 0 Å². The van der Waals surface area contributed by atoms with Gasteiger partial charge in [0.15, 0.2) is 11.6 Å². The first-order chi connectivity index (χ1) is 13.8. The average molecular weight is 458 g/mol. The molecule has 2 aromatic carbocycles. The molecule has 0 fully saturated rings. The molecule has 0 aliphatic carbocycles. The van der Waals surface area contributed by atoms with Crippen LogP contribution in [0, 0.1) is 5.82 Å². The van der Waals surface area contributed by atoms with Crippen LogP contribution in [0.2, 0.25) is 15.1 Å². The summed E-state index contributed by atoms with van der Waals surface area (Å²) in [7, 11) is 0. The zero-order valence-electron chi connectivity index (χ0n) is 14.5. The molecule has 0 saturated heterocycles. The van der Waals surface area contributed by atoms with Crippen LogP contribution in [0.3, 0.4) is 0 Å². The number of oxime groups is 1. The van der Waals surface area contributed by atoms with E-state index in [1.807, 2.05) is 0 Å². The van der Waals surface area contributed by atoms with E-state index in [9.17, 15) is 9.18 Å². The van der Waals surface area contributed by atoms with Gasteiger partial charge < -0.3 is 19.7 Å². The predicted octanol–water partition coefficient (Wildman–Crippen LogP) is 5.44. The molecule has 0 saturated carbocycles. The number of carbonyl (C=O) groups is 1. The number of rotatable bonds is 6. The van der Waals surface area contributed by atoms with Crippen LogP contribution in [-0.4, -0.2) is 11.8 Å². The Morgan fingerprint density at radius 2 is 1.72 bits per heavy atom. The molecular formula is C19H12Cl3FN2O4. The molecule has 1 aromatic heterocycles. The van der Waals surface area contributed by atoms with Crippen molar-refractivity contribution in [3.8, 4) is 5.75 Å². The molecule has 1 heterocycles. The molecule has 0 radical (unpaired) electrons. The van der Waals surface area contributed by atoms with E-state index in [4.69, 9.17) is 54.5 Å². The van der Waals surface area contributed by atoms with Gasteiger partial charge >= 0.3 is 5.97 Å². The first-order valence-corrected chi connectivity index (χ1v) is 9.13. The third kappa shape index (κ3) is 5.41. The smallest absolute Gasteiger partial charge is 0.400 e. The van der Waals surface area contributed by atoms with E-state index in [2.05, 4.69) is 5.16 Å². The zero-order valence-corrected chi connectivity index (χ0v) is 16.8. The van der Waals surface area contributed by atoms with E-state index in [1.54, 1.807) is 0 Å². The zero-order chi connectivity index (χ0) is 21.0. The SMILES string of the molecule is N/C(=N\OC(=O)c1ccc(COc2c(Cl)cc(Cl)cc2Cl)o1)c1ccc(F)cc1.